The van der Waals surface area contributed by atoms with Crippen LogP contribution in [0.3, 0.4) is 0 Å². The molecule has 0 saturated heterocycles. The molecule has 5 heteroatoms. The van der Waals surface area contributed by atoms with Crippen molar-refractivity contribution in [2.24, 2.45) is 0 Å². The van der Waals surface area contributed by atoms with Gasteiger partial charge in [0.25, 0.3) is 0 Å². The van der Waals surface area contributed by atoms with Crippen molar-refractivity contribution in [3.63, 3.8) is 0 Å². The minimum atomic E-state index is -0.479. The smallest absolute Gasteiger partial charge is 0.0897 e. The molecule has 0 bridgehead atoms. The first-order valence-corrected chi connectivity index (χ1v) is 6.30. The van der Waals surface area contributed by atoms with Gasteiger partial charge in [0.15, 0.2) is 0 Å². The largest absolute Gasteiger partial charge is 0.396 e. The number of hydrogen-bond acceptors (Lipinski definition) is 5. The monoisotopic (exact) mass is 249 g/mol. The Morgan fingerprint density at radius 2 is 1.94 bits per heavy atom. The Labute approximate surface area is 104 Å². The number of ether oxygens (including phenoxy) is 2. The average Bonchev–Trinajstić information content (AvgIpc) is 2.31. The Hall–Kier alpha value is -0.200. The van der Waals surface area contributed by atoms with E-state index in [1.54, 1.807) is 7.11 Å². The van der Waals surface area contributed by atoms with Gasteiger partial charge in [0.2, 0.25) is 0 Å². The van der Waals surface area contributed by atoms with Crippen molar-refractivity contribution >= 4 is 0 Å². The maximum absolute atomic E-state index is 9.60. The van der Waals surface area contributed by atoms with Crippen molar-refractivity contribution in [2.45, 2.75) is 38.4 Å². The lowest BCUT2D eigenvalue weighted by molar-refractivity contribution is -0.0310. The quantitative estimate of drug-likeness (QED) is 0.430. The highest BCUT2D eigenvalue weighted by Gasteiger charge is 2.07. The Morgan fingerprint density at radius 1 is 1.18 bits per heavy atom. The number of unbranched alkanes of at least 4 members (excludes halogenated alkanes) is 2. The second-order valence-corrected chi connectivity index (χ2v) is 4.24. The Kier molecular flexibility index (Phi) is 12.1. The summed E-state index contributed by atoms with van der Waals surface area (Å²) in [6.45, 7) is 4.45. The third-order valence-corrected chi connectivity index (χ3v) is 2.37. The third kappa shape index (κ3) is 12.1. The van der Waals surface area contributed by atoms with E-state index in [9.17, 15) is 5.11 Å². The van der Waals surface area contributed by atoms with Crippen LogP contribution in [0.4, 0.5) is 0 Å². The van der Waals surface area contributed by atoms with Crippen molar-refractivity contribution in [1.82, 2.24) is 5.32 Å². The van der Waals surface area contributed by atoms with Crippen LogP contribution in [0.25, 0.3) is 0 Å². The van der Waals surface area contributed by atoms with Gasteiger partial charge in [-0.25, -0.2) is 0 Å². The molecule has 0 aromatic rings. The van der Waals surface area contributed by atoms with Crippen LogP contribution in [0.15, 0.2) is 0 Å². The summed E-state index contributed by atoms with van der Waals surface area (Å²) in [6.07, 6.45) is 2.42. The van der Waals surface area contributed by atoms with Gasteiger partial charge in [-0.2, -0.15) is 0 Å². The Bertz CT molecular complexity index is 157. The predicted molar refractivity (Wildman–Crippen MR) is 67.1 cm³/mol. The normalized spacial score (nSPS) is 14.8. The van der Waals surface area contributed by atoms with Crippen LogP contribution in [0.1, 0.15) is 26.2 Å². The lowest BCUT2D eigenvalue weighted by Gasteiger charge is -2.16. The highest BCUT2D eigenvalue weighted by molar-refractivity contribution is 4.60. The highest BCUT2D eigenvalue weighted by Crippen LogP contribution is 1.95. The van der Waals surface area contributed by atoms with Crippen molar-refractivity contribution in [1.29, 1.82) is 0 Å². The molecule has 0 aliphatic carbocycles. The molecule has 0 aliphatic rings. The summed E-state index contributed by atoms with van der Waals surface area (Å²) in [5.74, 6) is 0. The van der Waals surface area contributed by atoms with Gasteiger partial charge < -0.3 is 25.0 Å². The minimum absolute atomic E-state index is 0.0132. The summed E-state index contributed by atoms with van der Waals surface area (Å²) in [5, 5.41) is 21.3. The molecule has 2 atom stereocenters. The van der Waals surface area contributed by atoms with E-state index in [4.69, 9.17) is 14.6 Å². The summed E-state index contributed by atoms with van der Waals surface area (Å²) in [5.41, 5.74) is 0. The molecule has 17 heavy (non-hydrogen) atoms. The number of hydrogen-bond donors (Lipinski definition) is 3. The van der Waals surface area contributed by atoms with Gasteiger partial charge in [-0.05, 0) is 32.7 Å². The summed E-state index contributed by atoms with van der Waals surface area (Å²) < 4.78 is 10.3. The molecule has 0 saturated carbocycles. The van der Waals surface area contributed by atoms with Gasteiger partial charge in [-0.15, -0.1) is 0 Å². The molecule has 2 unspecified atom stereocenters. The van der Waals surface area contributed by atoms with Crippen molar-refractivity contribution < 1.29 is 19.7 Å². The summed E-state index contributed by atoms with van der Waals surface area (Å²) >= 11 is 0. The standard InChI is InChI=1S/C12H27NO4/c1-11(9-16-2)17-10-12(15)8-13-6-4-3-5-7-14/h11-15H,3-10H2,1-2H3. The topological polar surface area (TPSA) is 71.0 Å². The summed E-state index contributed by atoms with van der Waals surface area (Å²) in [7, 11) is 1.63. The molecule has 104 valence electrons. The molecule has 0 aromatic carbocycles. The lowest BCUT2D eigenvalue weighted by Crippen LogP contribution is -2.32. The van der Waals surface area contributed by atoms with E-state index < -0.39 is 6.10 Å². The Balaban J connectivity index is 3.25. The van der Waals surface area contributed by atoms with E-state index in [1.165, 1.54) is 0 Å². The zero-order valence-electron chi connectivity index (χ0n) is 11.0. The van der Waals surface area contributed by atoms with E-state index in [0.29, 0.717) is 19.8 Å². The maximum Gasteiger partial charge on any atom is 0.0897 e. The van der Waals surface area contributed by atoms with Crippen molar-refractivity contribution in [3.8, 4) is 0 Å². The number of rotatable bonds is 12. The van der Waals surface area contributed by atoms with Crippen LogP contribution in [0.2, 0.25) is 0 Å². The number of aliphatic hydroxyl groups is 2. The molecule has 5 nitrogen and oxygen atoms in total. The van der Waals surface area contributed by atoms with Crippen LogP contribution in [0, 0.1) is 0 Å². The summed E-state index contributed by atoms with van der Waals surface area (Å²) in [4.78, 5) is 0. The zero-order chi connectivity index (χ0) is 12.9. The molecule has 0 fully saturated rings. The first kappa shape index (κ1) is 16.8. The molecule has 3 N–H and O–H groups in total. The van der Waals surface area contributed by atoms with Crippen LogP contribution in [-0.2, 0) is 9.47 Å². The second-order valence-electron chi connectivity index (χ2n) is 4.24. The van der Waals surface area contributed by atoms with Crippen LogP contribution < -0.4 is 5.32 Å². The molecule has 0 spiro atoms. The zero-order valence-corrected chi connectivity index (χ0v) is 11.0. The SMILES string of the molecule is COCC(C)OCC(O)CNCCCCCO. The maximum atomic E-state index is 9.60. The van der Waals surface area contributed by atoms with Gasteiger partial charge >= 0.3 is 0 Å². The second kappa shape index (κ2) is 12.3. The van der Waals surface area contributed by atoms with Crippen LogP contribution in [-0.4, -0.2) is 62.4 Å². The van der Waals surface area contributed by atoms with E-state index >= 15 is 0 Å². The molecule has 0 amide bonds. The van der Waals surface area contributed by atoms with Crippen LogP contribution >= 0.6 is 0 Å². The van der Waals surface area contributed by atoms with Gasteiger partial charge in [0.05, 0.1) is 25.4 Å². The average molecular weight is 249 g/mol. The lowest BCUT2D eigenvalue weighted by atomic mass is 10.2. The third-order valence-electron chi connectivity index (χ3n) is 2.37. The van der Waals surface area contributed by atoms with E-state index in [2.05, 4.69) is 5.32 Å². The van der Waals surface area contributed by atoms with E-state index in [0.717, 1.165) is 25.8 Å². The summed E-state index contributed by atoms with van der Waals surface area (Å²) in [6, 6.07) is 0. The van der Waals surface area contributed by atoms with Gasteiger partial charge in [-0.1, -0.05) is 0 Å². The minimum Gasteiger partial charge on any atom is -0.396 e. The molecule has 0 heterocycles. The molecule has 0 radical (unpaired) electrons. The van der Waals surface area contributed by atoms with E-state index in [-0.39, 0.29) is 12.7 Å². The highest BCUT2D eigenvalue weighted by atomic mass is 16.5. The van der Waals surface area contributed by atoms with Gasteiger partial charge in [0.1, 0.15) is 0 Å². The first-order chi connectivity index (χ1) is 8.20. The van der Waals surface area contributed by atoms with E-state index in [1.807, 2.05) is 6.92 Å². The number of nitrogens with one attached hydrogen (secondary N) is 1. The van der Waals surface area contributed by atoms with Crippen LogP contribution in [0.5, 0.6) is 0 Å². The fourth-order valence-corrected chi connectivity index (χ4v) is 1.42. The molecule has 0 aromatic heterocycles. The van der Waals surface area contributed by atoms with Gasteiger partial charge in [0, 0.05) is 20.3 Å². The molecular formula is C12H27NO4. The first-order valence-electron chi connectivity index (χ1n) is 6.30. The molecule has 0 aliphatic heterocycles. The predicted octanol–water partition coefficient (Wildman–Crippen LogP) is 0.151. The number of methoxy groups -OCH3 is 1. The molecule has 0 rings (SSSR count). The molecular weight excluding hydrogens is 222 g/mol. The fourth-order valence-electron chi connectivity index (χ4n) is 1.42. The van der Waals surface area contributed by atoms with Crippen molar-refractivity contribution in [2.75, 3.05) is 40.0 Å². The fraction of sp³-hybridized carbons (Fsp3) is 1.00. The van der Waals surface area contributed by atoms with Crippen molar-refractivity contribution in [3.05, 3.63) is 0 Å². The number of aliphatic hydroxyl groups excluding tert-OH is 2. The Morgan fingerprint density at radius 3 is 2.59 bits per heavy atom. The van der Waals surface area contributed by atoms with Gasteiger partial charge in [-0.3, -0.25) is 0 Å².